The van der Waals surface area contributed by atoms with Gasteiger partial charge in [-0.15, -0.1) is 0 Å². The largest absolute Gasteiger partial charge is 0.462 e. The van der Waals surface area contributed by atoms with E-state index < -0.39 is 6.10 Å². The molecule has 0 saturated heterocycles. The summed E-state index contributed by atoms with van der Waals surface area (Å²) in [6.45, 7) is 6.72. The maximum absolute atomic E-state index is 12.9. The van der Waals surface area contributed by atoms with E-state index in [0.29, 0.717) is 19.3 Å². The van der Waals surface area contributed by atoms with Crippen LogP contribution in [-0.2, 0) is 28.6 Å². The Labute approximate surface area is 493 Å². The molecule has 0 aromatic heterocycles. The van der Waals surface area contributed by atoms with Gasteiger partial charge in [0.15, 0.2) is 6.10 Å². The van der Waals surface area contributed by atoms with E-state index in [4.69, 9.17) is 14.2 Å². The lowest BCUT2D eigenvalue weighted by atomic mass is 10.0. The molecule has 0 aromatic rings. The van der Waals surface area contributed by atoms with E-state index in [2.05, 4.69) is 45.1 Å². The van der Waals surface area contributed by atoms with E-state index in [9.17, 15) is 14.4 Å². The van der Waals surface area contributed by atoms with Gasteiger partial charge >= 0.3 is 17.9 Å². The molecule has 6 nitrogen and oxygen atoms in total. The van der Waals surface area contributed by atoms with Crippen molar-refractivity contribution >= 4 is 17.9 Å². The fourth-order valence-corrected chi connectivity index (χ4v) is 11.0. The Morgan fingerprint density at radius 1 is 0.241 bits per heavy atom. The van der Waals surface area contributed by atoms with Crippen molar-refractivity contribution in [3.05, 3.63) is 24.3 Å². The highest BCUT2D eigenvalue weighted by Gasteiger charge is 2.19. The van der Waals surface area contributed by atoms with Crippen molar-refractivity contribution in [2.75, 3.05) is 13.2 Å². The molecule has 0 spiro atoms. The van der Waals surface area contributed by atoms with Gasteiger partial charge in [-0.25, -0.2) is 0 Å². The van der Waals surface area contributed by atoms with Gasteiger partial charge < -0.3 is 14.2 Å². The van der Waals surface area contributed by atoms with Crippen molar-refractivity contribution in [2.24, 2.45) is 0 Å². The Balaban J connectivity index is 4.20. The maximum Gasteiger partial charge on any atom is 0.306 e. The third-order valence-electron chi connectivity index (χ3n) is 16.4. The van der Waals surface area contributed by atoms with Crippen LogP contribution in [0.2, 0.25) is 0 Å². The lowest BCUT2D eigenvalue weighted by Crippen LogP contribution is -2.30. The third-order valence-corrected chi connectivity index (χ3v) is 16.4. The summed E-state index contributed by atoms with van der Waals surface area (Å²) in [7, 11) is 0. The Morgan fingerprint density at radius 2 is 0.418 bits per heavy atom. The van der Waals surface area contributed by atoms with Crippen LogP contribution in [0.4, 0.5) is 0 Å². The van der Waals surface area contributed by atoms with E-state index in [1.54, 1.807) is 0 Å². The lowest BCUT2D eigenvalue weighted by Gasteiger charge is -2.18. The van der Waals surface area contributed by atoms with Crippen LogP contribution in [0.1, 0.15) is 406 Å². The highest BCUT2D eigenvalue weighted by atomic mass is 16.6. The molecule has 0 amide bonds. The maximum atomic E-state index is 12.9. The molecular weight excluding hydrogens is 973 g/mol. The first-order valence-corrected chi connectivity index (χ1v) is 35.8. The number of allylic oxidation sites excluding steroid dienone is 4. The summed E-state index contributed by atoms with van der Waals surface area (Å²) in [4.78, 5) is 38.4. The minimum atomic E-state index is -0.769. The van der Waals surface area contributed by atoms with E-state index >= 15 is 0 Å². The number of hydrogen-bond acceptors (Lipinski definition) is 6. The van der Waals surface area contributed by atoms with E-state index in [1.807, 2.05) is 0 Å². The molecule has 6 heteroatoms. The molecule has 0 radical (unpaired) electrons. The van der Waals surface area contributed by atoms with E-state index in [-0.39, 0.29) is 31.1 Å². The lowest BCUT2D eigenvalue weighted by molar-refractivity contribution is -0.167. The predicted octanol–water partition coefficient (Wildman–Crippen LogP) is 24.6. The van der Waals surface area contributed by atoms with Crippen molar-refractivity contribution in [3.63, 3.8) is 0 Å². The number of carbonyl (C=O) groups is 3. The molecule has 1 unspecified atom stereocenters. The van der Waals surface area contributed by atoms with Gasteiger partial charge in [0, 0.05) is 19.3 Å². The highest BCUT2D eigenvalue weighted by molar-refractivity contribution is 5.71. The molecule has 0 heterocycles. The first kappa shape index (κ1) is 76.9. The molecule has 79 heavy (non-hydrogen) atoms. The second-order valence-corrected chi connectivity index (χ2v) is 24.5. The quantitative estimate of drug-likeness (QED) is 0.0261. The zero-order chi connectivity index (χ0) is 57.1. The van der Waals surface area contributed by atoms with Crippen LogP contribution in [0, 0.1) is 0 Å². The first-order chi connectivity index (χ1) is 39.0. The van der Waals surface area contributed by atoms with Crippen LogP contribution in [0.25, 0.3) is 0 Å². The van der Waals surface area contributed by atoms with Crippen LogP contribution in [-0.4, -0.2) is 37.2 Å². The minimum Gasteiger partial charge on any atom is -0.462 e. The SMILES string of the molecule is CCCCCCCCCC/C=C\CCCCCCCCCCCCCCCCCC(=O)OCC(COC(=O)CCCCCCCCCCCCCCC)OC(=O)CCCCCCCCCCC/C=C\CCCCCCCCCC. The van der Waals surface area contributed by atoms with Crippen molar-refractivity contribution in [1.82, 2.24) is 0 Å². The molecule has 466 valence electrons. The fraction of sp³-hybridized carbons (Fsp3) is 0.904. The van der Waals surface area contributed by atoms with Crippen LogP contribution < -0.4 is 0 Å². The summed E-state index contributed by atoms with van der Waals surface area (Å²) in [5, 5.41) is 0. The summed E-state index contributed by atoms with van der Waals surface area (Å²) < 4.78 is 17.0. The minimum absolute atomic E-state index is 0.0658. The molecule has 0 aliphatic carbocycles. The van der Waals surface area contributed by atoms with Gasteiger partial charge in [-0.05, 0) is 70.6 Å². The predicted molar refractivity (Wildman–Crippen MR) is 344 cm³/mol. The van der Waals surface area contributed by atoms with Gasteiger partial charge in [-0.3, -0.25) is 14.4 Å². The third kappa shape index (κ3) is 66.6. The van der Waals surface area contributed by atoms with Crippen LogP contribution in [0.5, 0.6) is 0 Å². The second-order valence-electron chi connectivity index (χ2n) is 24.5. The van der Waals surface area contributed by atoms with Gasteiger partial charge in [0.05, 0.1) is 0 Å². The summed E-state index contributed by atoms with van der Waals surface area (Å²) >= 11 is 0. The number of esters is 3. The van der Waals surface area contributed by atoms with Gasteiger partial charge in [0.1, 0.15) is 13.2 Å². The van der Waals surface area contributed by atoms with E-state index in [1.165, 1.54) is 308 Å². The Hall–Kier alpha value is -2.11. The molecule has 0 aromatic carbocycles. The summed E-state index contributed by atoms with van der Waals surface area (Å²) in [5.41, 5.74) is 0. The highest BCUT2D eigenvalue weighted by Crippen LogP contribution is 2.18. The molecule has 0 saturated carbocycles. The van der Waals surface area contributed by atoms with Crippen molar-refractivity contribution < 1.29 is 28.6 Å². The number of rotatable bonds is 67. The molecule has 0 aliphatic heterocycles. The zero-order valence-electron chi connectivity index (χ0n) is 53.7. The molecular formula is C73H138O6. The smallest absolute Gasteiger partial charge is 0.306 e. The molecule has 1 atom stereocenters. The standard InChI is InChI=1S/C73H138O6/c1-4-7-10-13-16-19-22-25-27-29-31-33-34-35-36-37-38-40-41-43-45-48-51-54-57-60-63-66-72(75)78-69-70(68-77-71(74)65-62-59-56-53-50-47-24-21-18-15-12-9-6-3)79-73(76)67-64-61-58-55-52-49-46-44-42-39-32-30-28-26-23-20-17-14-11-8-5-2/h29-32,70H,4-28,33-69H2,1-3H3/b31-29-,32-30-. The summed E-state index contributed by atoms with van der Waals surface area (Å²) in [6.07, 6.45) is 83.5. The normalized spacial score (nSPS) is 12.1. The molecule has 0 bridgehead atoms. The first-order valence-electron chi connectivity index (χ1n) is 35.8. The molecule has 0 fully saturated rings. The van der Waals surface area contributed by atoms with Crippen LogP contribution >= 0.6 is 0 Å². The fourth-order valence-electron chi connectivity index (χ4n) is 11.0. The van der Waals surface area contributed by atoms with Crippen LogP contribution in [0.3, 0.4) is 0 Å². The van der Waals surface area contributed by atoms with Crippen molar-refractivity contribution in [3.8, 4) is 0 Å². The topological polar surface area (TPSA) is 78.9 Å². The van der Waals surface area contributed by atoms with Gasteiger partial charge in [0.25, 0.3) is 0 Å². The zero-order valence-corrected chi connectivity index (χ0v) is 53.7. The summed E-state index contributed by atoms with van der Waals surface area (Å²) in [5.74, 6) is -0.836. The molecule has 0 N–H and O–H groups in total. The number of ether oxygens (including phenoxy) is 3. The van der Waals surface area contributed by atoms with E-state index in [0.717, 1.165) is 57.8 Å². The molecule has 0 rings (SSSR count). The van der Waals surface area contributed by atoms with Crippen molar-refractivity contribution in [1.29, 1.82) is 0 Å². The van der Waals surface area contributed by atoms with Gasteiger partial charge in [-0.2, -0.15) is 0 Å². The Kier molecular flexibility index (Phi) is 66.6. The van der Waals surface area contributed by atoms with Gasteiger partial charge in [-0.1, -0.05) is 340 Å². The number of carbonyl (C=O) groups excluding carboxylic acids is 3. The average molecular weight is 1110 g/mol. The van der Waals surface area contributed by atoms with Gasteiger partial charge in [0.2, 0.25) is 0 Å². The van der Waals surface area contributed by atoms with Crippen LogP contribution in [0.15, 0.2) is 24.3 Å². The average Bonchev–Trinajstić information content (AvgIpc) is 3.45. The van der Waals surface area contributed by atoms with Crippen molar-refractivity contribution in [2.45, 2.75) is 412 Å². The monoisotopic (exact) mass is 1110 g/mol. The molecule has 0 aliphatic rings. The number of hydrogen-bond donors (Lipinski definition) is 0. The summed E-state index contributed by atoms with van der Waals surface area (Å²) in [6, 6.07) is 0. The Bertz CT molecular complexity index is 1270. The Morgan fingerprint density at radius 3 is 0.633 bits per heavy atom. The number of unbranched alkanes of at least 4 members (excludes halogenated alkanes) is 52. The second kappa shape index (κ2) is 68.4.